The summed E-state index contributed by atoms with van der Waals surface area (Å²) in [5.74, 6) is -0.495. The molecule has 0 unspecified atom stereocenters. The number of amides is 1. The second-order valence-electron chi connectivity index (χ2n) is 2.01. The van der Waals surface area contributed by atoms with Crippen LogP contribution >= 0.6 is 0 Å². The number of carbonyl (C=O) groups excluding carboxylic acids is 1. The van der Waals surface area contributed by atoms with E-state index in [9.17, 15) is 4.79 Å². The van der Waals surface area contributed by atoms with E-state index in [-0.39, 0.29) is 0 Å². The minimum Gasteiger partial charge on any atom is -0.364 e. The number of carbonyl (C=O) groups is 1. The summed E-state index contributed by atoms with van der Waals surface area (Å²) in [7, 11) is 1.63. The minimum absolute atomic E-state index is 0.361. The van der Waals surface area contributed by atoms with Gasteiger partial charge in [0.05, 0.1) is 5.69 Å². The lowest BCUT2D eigenvalue weighted by atomic mass is 10.3. The third kappa shape index (κ3) is 0.854. The van der Waals surface area contributed by atoms with Crippen molar-refractivity contribution in [2.24, 2.45) is 12.8 Å². The molecule has 0 aliphatic heterocycles. The topological polar surface area (TPSA) is 73.8 Å². The van der Waals surface area contributed by atoms with Crippen LogP contribution < -0.4 is 5.73 Å². The van der Waals surface area contributed by atoms with Gasteiger partial charge >= 0.3 is 0 Å². The predicted molar refractivity (Wildman–Crippen MR) is 34.3 cm³/mol. The first kappa shape index (κ1) is 6.73. The monoisotopic (exact) mass is 140 g/mol. The summed E-state index contributed by atoms with van der Waals surface area (Å²) < 4.78 is 1.36. The Balaban J connectivity index is 3.23. The van der Waals surface area contributed by atoms with Crippen LogP contribution in [0.2, 0.25) is 0 Å². The lowest BCUT2D eigenvalue weighted by Gasteiger charge is -1.92. The Morgan fingerprint density at radius 1 is 1.70 bits per heavy atom. The zero-order valence-corrected chi connectivity index (χ0v) is 5.83. The first-order valence-electron chi connectivity index (χ1n) is 2.79. The highest BCUT2D eigenvalue weighted by atomic mass is 16.1. The lowest BCUT2D eigenvalue weighted by Crippen LogP contribution is -2.16. The van der Waals surface area contributed by atoms with E-state index in [1.54, 1.807) is 14.0 Å². The van der Waals surface area contributed by atoms with Crippen LogP contribution in [0.25, 0.3) is 0 Å². The summed E-state index contributed by atoms with van der Waals surface area (Å²) in [4.78, 5) is 10.6. The SMILES string of the molecule is Cc1nnn(C)c1C(N)=O. The van der Waals surface area contributed by atoms with E-state index < -0.39 is 5.91 Å². The molecule has 10 heavy (non-hydrogen) atoms. The van der Waals surface area contributed by atoms with Crippen LogP contribution in [0.4, 0.5) is 0 Å². The van der Waals surface area contributed by atoms with Crippen molar-refractivity contribution in [3.05, 3.63) is 11.4 Å². The molecule has 0 spiro atoms. The number of primary amides is 1. The summed E-state index contributed by atoms with van der Waals surface area (Å²) in [6.07, 6.45) is 0. The van der Waals surface area contributed by atoms with Crippen molar-refractivity contribution in [1.29, 1.82) is 0 Å². The van der Waals surface area contributed by atoms with E-state index >= 15 is 0 Å². The van der Waals surface area contributed by atoms with Gasteiger partial charge < -0.3 is 5.73 Å². The number of aromatic nitrogens is 3. The quantitative estimate of drug-likeness (QED) is 0.556. The first-order chi connectivity index (χ1) is 4.63. The maximum absolute atomic E-state index is 10.6. The summed E-state index contributed by atoms with van der Waals surface area (Å²) in [5.41, 5.74) is 5.95. The van der Waals surface area contributed by atoms with Crippen molar-refractivity contribution in [3.63, 3.8) is 0 Å². The molecule has 1 amide bonds. The van der Waals surface area contributed by atoms with E-state index in [4.69, 9.17) is 5.73 Å². The normalized spacial score (nSPS) is 9.80. The highest BCUT2D eigenvalue weighted by Crippen LogP contribution is 1.98. The third-order valence-corrected chi connectivity index (χ3v) is 1.23. The van der Waals surface area contributed by atoms with Gasteiger partial charge in [0.15, 0.2) is 0 Å². The average molecular weight is 140 g/mol. The molecule has 0 atom stereocenters. The van der Waals surface area contributed by atoms with Crippen LogP contribution in [-0.2, 0) is 7.05 Å². The van der Waals surface area contributed by atoms with E-state index in [0.717, 1.165) is 0 Å². The van der Waals surface area contributed by atoms with E-state index in [1.807, 2.05) is 0 Å². The van der Waals surface area contributed by atoms with Crippen LogP contribution in [0.3, 0.4) is 0 Å². The molecular weight excluding hydrogens is 132 g/mol. The fraction of sp³-hybridized carbons (Fsp3) is 0.400. The molecule has 0 saturated heterocycles. The van der Waals surface area contributed by atoms with Crippen LogP contribution in [0, 0.1) is 6.92 Å². The van der Waals surface area contributed by atoms with Gasteiger partial charge in [0.25, 0.3) is 5.91 Å². The Bertz CT molecular complexity index is 245. The molecule has 0 aromatic carbocycles. The number of hydrogen-bond donors (Lipinski definition) is 1. The van der Waals surface area contributed by atoms with Gasteiger partial charge in [0.2, 0.25) is 0 Å². The number of nitrogens with zero attached hydrogens (tertiary/aromatic N) is 3. The molecule has 1 aromatic rings. The van der Waals surface area contributed by atoms with Crippen molar-refractivity contribution in [1.82, 2.24) is 15.0 Å². The maximum atomic E-state index is 10.6. The highest BCUT2D eigenvalue weighted by molar-refractivity contribution is 5.91. The highest BCUT2D eigenvalue weighted by Gasteiger charge is 2.10. The minimum atomic E-state index is -0.495. The zero-order valence-electron chi connectivity index (χ0n) is 5.83. The Morgan fingerprint density at radius 2 is 2.30 bits per heavy atom. The molecule has 1 rings (SSSR count). The van der Waals surface area contributed by atoms with Gasteiger partial charge in [-0.1, -0.05) is 5.21 Å². The van der Waals surface area contributed by atoms with E-state index in [0.29, 0.717) is 11.4 Å². The standard InChI is InChI=1S/C5H8N4O/c1-3-4(5(6)10)9(2)8-7-3/h1-2H3,(H2,6,10). The van der Waals surface area contributed by atoms with Gasteiger partial charge in [-0.3, -0.25) is 4.79 Å². The Morgan fingerprint density at radius 3 is 2.50 bits per heavy atom. The predicted octanol–water partition coefficient (Wildman–Crippen LogP) is -0.778. The van der Waals surface area contributed by atoms with Crippen LogP contribution in [0.1, 0.15) is 16.2 Å². The van der Waals surface area contributed by atoms with E-state index in [2.05, 4.69) is 10.3 Å². The smallest absolute Gasteiger partial charge is 0.268 e. The molecule has 0 aliphatic rings. The summed E-state index contributed by atoms with van der Waals surface area (Å²) in [5, 5.41) is 7.25. The molecular formula is C5H8N4O. The molecule has 0 saturated carbocycles. The van der Waals surface area contributed by atoms with Gasteiger partial charge in [-0.25, -0.2) is 4.68 Å². The summed E-state index contributed by atoms with van der Waals surface area (Å²) >= 11 is 0. The average Bonchev–Trinajstić information content (AvgIpc) is 2.11. The molecule has 0 radical (unpaired) electrons. The van der Waals surface area contributed by atoms with Gasteiger partial charge in [0.1, 0.15) is 5.69 Å². The van der Waals surface area contributed by atoms with Crippen molar-refractivity contribution in [3.8, 4) is 0 Å². The lowest BCUT2D eigenvalue weighted by molar-refractivity contribution is 0.0991. The van der Waals surface area contributed by atoms with Gasteiger partial charge in [-0.05, 0) is 6.92 Å². The Hall–Kier alpha value is -1.39. The summed E-state index contributed by atoms with van der Waals surface area (Å²) in [6.45, 7) is 1.69. The molecule has 1 aromatic heterocycles. The molecule has 0 bridgehead atoms. The molecule has 5 heteroatoms. The molecule has 1 heterocycles. The summed E-state index contributed by atoms with van der Waals surface area (Å²) in [6, 6.07) is 0. The number of hydrogen-bond acceptors (Lipinski definition) is 3. The molecule has 5 nitrogen and oxygen atoms in total. The fourth-order valence-corrected chi connectivity index (χ4v) is 0.798. The van der Waals surface area contributed by atoms with Crippen LogP contribution in [0.5, 0.6) is 0 Å². The molecule has 0 fully saturated rings. The number of rotatable bonds is 1. The fourth-order valence-electron chi connectivity index (χ4n) is 0.798. The second-order valence-corrected chi connectivity index (χ2v) is 2.01. The van der Waals surface area contributed by atoms with Crippen LogP contribution in [-0.4, -0.2) is 20.9 Å². The largest absolute Gasteiger partial charge is 0.364 e. The van der Waals surface area contributed by atoms with Crippen LogP contribution in [0.15, 0.2) is 0 Å². The van der Waals surface area contributed by atoms with Gasteiger partial charge in [-0.15, -0.1) is 5.10 Å². The van der Waals surface area contributed by atoms with Crippen molar-refractivity contribution in [2.45, 2.75) is 6.92 Å². The number of nitrogens with two attached hydrogens (primary N) is 1. The molecule has 54 valence electrons. The van der Waals surface area contributed by atoms with Crippen molar-refractivity contribution >= 4 is 5.91 Å². The van der Waals surface area contributed by atoms with Crippen molar-refractivity contribution in [2.75, 3.05) is 0 Å². The molecule has 0 aliphatic carbocycles. The second kappa shape index (κ2) is 2.09. The van der Waals surface area contributed by atoms with Crippen molar-refractivity contribution < 1.29 is 4.79 Å². The van der Waals surface area contributed by atoms with E-state index in [1.165, 1.54) is 4.68 Å². The maximum Gasteiger partial charge on any atom is 0.268 e. The zero-order chi connectivity index (χ0) is 7.72. The van der Waals surface area contributed by atoms with Gasteiger partial charge in [0, 0.05) is 7.05 Å². The Kier molecular flexibility index (Phi) is 1.41. The third-order valence-electron chi connectivity index (χ3n) is 1.23. The first-order valence-corrected chi connectivity index (χ1v) is 2.79. The Labute approximate surface area is 57.8 Å². The number of aryl methyl sites for hydroxylation is 2. The van der Waals surface area contributed by atoms with Gasteiger partial charge in [-0.2, -0.15) is 0 Å². The molecule has 2 N–H and O–H groups in total.